The number of hydrogen-bond donors (Lipinski definition) is 1. The van der Waals surface area contributed by atoms with Crippen LogP contribution in [0, 0.1) is 5.82 Å². The Balaban J connectivity index is 0.00000200. The summed E-state index contributed by atoms with van der Waals surface area (Å²) in [6, 6.07) is 6.45. The molecule has 0 saturated heterocycles. The number of nitrogens with one attached hydrogen (secondary N) is 1. The Bertz CT molecular complexity index is 401. The maximum Gasteiger partial charge on any atom is 0.162 e. The quantitative estimate of drug-likeness (QED) is 0.632. The second-order valence-corrected chi connectivity index (χ2v) is 5.32. The van der Waals surface area contributed by atoms with Gasteiger partial charge in [0, 0.05) is 18.0 Å². The maximum atomic E-state index is 12.7. The first-order chi connectivity index (χ1) is 9.25. The Morgan fingerprint density at radius 3 is 2.45 bits per heavy atom. The monoisotopic (exact) mass is 299 g/mol. The molecule has 2 nitrogen and oxygen atoms in total. The van der Waals surface area contributed by atoms with Crippen LogP contribution in [-0.4, -0.2) is 18.4 Å². The van der Waals surface area contributed by atoms with Crippen LogP contribution in [-0.2, 0) is 0 Å². The number of Topliss-reactive ketones (excluding diaryl/α,β-unsaturated/α-hetero) is 1. The van der Waals surface area contributed by atoms with Gasteiger partial charge in [0.15, 0.2) is 5.78 Å². The predicted octanol–water partition coefficient (Wildman–Crippen LogP) is 4.13. The molecule has 4 heteroatoms. The Kier molecular flexibility index (Phi) is 7.78. The van der Waals surface area contributed by atoms with E-state index >= 15 is 0 Å². The van der Waals surface area contributed by atoms with Gasteiger partial charge in [-0.1, -0.05) is 19.3 Å². The first-order valence-corrected chi connectivity index (χ1v) is 7.28. The molecular weight excluding hydrogens is 277 g/mol. The van der Waals surface area contributed by atoms with E-state index < -0.39 is 0 Å². The summed E-state index contributed by atoms with van der Waals surface area (Å²) >= 11 is 0. The smallest absolute Gasteiger partial charge is 0.162 e. The summed E-state index contributed by atoms with van der Waals surface area (Å²) in [5.41, 5.74) is 0.610. The number of benzene rings is 1. The fraction of sp³-hybridized carbons (Fsp3) is 0.562. The minimum atomic E-state index is -0.296. The van der Waals surface area contributed by atoms with Gasteiger partial charge in [0.1, 0.15) is 5.82 Å². The topological polar surface area (TPSA) is 29.1 Å². The molecule has 1 aliphatic rings. The van der Waals surface area contributed by atoms with Crippen molar-refractivity contribution in [3.63, 3.8) is 0 Å². The standard InChI is InChI=1S/C16H22FNO.ClH/c17-14-10-8-13(9-11-14)16(19)7-4-12-18-15-5-2-1-3-6-15;/h8-11,15,18H,1-7,12H2;1H. The highest BCUT2D eigenvalue weighted by Crippen LogP contribution is 2.17. The van der Waals surface area contributed by atoms with Crippen LogP contribution in [0.1, 0.15) is 55.3 Å². The highest BCUT2D eigenvalue weighted by Gasteiger charge is 2.12. The van der Waals surface area contributed by atoms with E-state index in [0.29, 0.717) is 18.0 Å². The fourth-order valence-electron chi connectivity index (χ4n) is 2.64. The molecule has 0 spiro atoms. The average Bonchev–Trinajstić information content (AvgIpc) is 2.45. The number of ketones is 1. The lowest BCUT2D eigenvalue weighted by molar-refractivity contribution is 0.0979. The Labute approximate surface area is 126 Å². The molecule has 0 bridgehead atoms. The number of carbonyl (C=O) groups excluding carboxylic acids is 1. The molecule has 112 valence electrons. The normalized spacial score (nSPS) is 15.7. The largest absolute Gasteiger partial charge is 0.314 e. The molecule has 0 amide bonds. The predicted molar refractivity (Wildman–Crippen MR) is 82.1 cm³/mol. The molecule has 1 aromatic rings. The fourth-order valence-corrected chi connectivity index (χ4v) is 2.64. The van der Waals surface area contributed by atoms with Crippen LogP contribution in [0.2, 0.25) is 0 Å². The van der Waals surface area contributed by atoms with Gasteiger partial charge in [-0.25, -0.2) is 4.39 Å². The summed E-state index contributed by atoms with van der Waals surface area (Å²) in [5.74, 6) is -0.194. The van der Waals surface area contributed by atoms with Crippen molar-refractivity contribution in [1.82, 2.24) is 5.32 Å². The molecular formula is C16H23ClFNO. The van der Waals surface area contributed by atoms with Gasteiger partial charge in [0.05, 0.1) is 0 Å². The van der Waals surface area contributed by atoms with Crippen LogP contribution in [0.25, 0.3) is 0 Å². The molecule has 1 N–H and O–H groups in total. The van der Waals surface area contributed by atoms with Crippen molar-refractivity contribution < 1.29 is 9.18 Å². The van der Waals surface area contributed by atoms with Crippen LogP contribution < -0.4 is 5.32 Å². The van der Waals surface area contributed by atoms with Gasteiger partial charge in [-0.15, -0.1) is 12.4 Å². The molecule has 1 aromatic carbocycles. The molecule has 0 heterocycles. The summed E-state index contributed by atoms with van der Waals surface area (Å²) < 4.78 is 12.7. The van der Waals surface area contributed by atoms with Crippen LogP contribution in [0.4, 0.5) is 4.39 Å². The van der Waals surface area contributed by atoms with E-state index in [0.717, 1.165) is 13.0 Å². The van der Waals surface area contributed by atoms with E-state index in [-0.39, 0.29) is 24.0 Å². The van der Waals surface area contributed by atoms with Crippen molar-refractivity contribution in [2.75, 3.05) is 6.54 Å². The van der Waals surface area contributed by atoms with Crippen LogP contribution in [0.3, 0.4) is 0 Å². The first kappa shape index (κ1) is 17.1. The summed E-state index contributed by atoms with van der Waals surface area (Å²) in [6.45, 7) is 0.900. The van der Waals surface area contributed by atoms with Crippen molar-refractivity contribution in [3.8, 4) is 0 Å². The minimum absolute atomic E-state index is 0. The third-order valence-electron chi connectivity index (χ3n) is 3.78. The van der Waals surface area contributed by atoms with Gasteiger partial charge < -0.3 is 5.32 Å². The lowest BCUT2D eigenvalue weighted by atomic mass is 9.95. The van der Waals surface area contributed by atoms with Gasteiger partial charge >= 0.3 is 0 Å². The molecule has 1 fully saturated rings. The van der Waals surface area contributed by atoms with Gasteiger partial charge in [-0.3, -0.25) is 4.79 Å². The number of halogens is 2. The van der Waals surface area contributed by atoms with E-state index in [9.17, 15) is 9.18 Å². The van der Waals surface area contributed by atoms with Crippen LogP contribution >= 0.6 is 12.4 Å². The zero-order valence-corrected chi connectivity index (χ0v) is 12.6. The summed E-state index contributed by atoms with van der Waals surface area (Å²) in [7, 11) is 0. The lowest BCUT2D eigenvalue weighted by Crippen LogP contribution is -2.31. The molecule has 2 rings (SSSR count). The third kappa shape index (κ3) is 5.59. The van der Waals surface area contributed by atoms with Crippen LogP contribution in [0.5, 0.6) is 0 Å². The molecule has 0 aliphatic heterocycles. The molecule has 0 aromatic heterocycles. The Morgan fingerprint density at radius 1 is 1.15 bits per heavy atom. The lowest BCUT2D eigenvalue weighted by Gasteiger charge is -2.22. The van der Waals surface area contributed by atoms with Gasteiger partial charge in [-0.05, 0) is 50.1 Å². The van der Waals surface area contributed by atoms with Gasteiger partial charge in [-0.2, -0.15) is 0 Å². The van der Waals surface area contributed by atoms with Crippen molar-refractivity contribution in [1.29, 1.82) is 0 Å². The van der Waals surface area contributed by atoms with Crippen molar-refractivity contribution in [2.45, 2.75) is 51.0 Å². The summed E-state index contributed by atoms with van der Waals surface area (Å²) in [6.07, 6.45) is 7.94. The zero-order chi connectivity index (χ0) is 13.5. The SMILES string of the molecule is Cl.O=C(CCCNC1CCCCC1)c1ccc(F)cc1. The number of rotatable bonds is 6. The Hall–Kier alpha value is -0.930. The first-order valence-electron chi connectivity index (χ1n) is 7.28. The van der Waals surface area contributed by atoms with E-state index in [4.69, 9.17) is 0 Å². The molecule has 0 radical (unpaired) electrons. The second kappa shape index (κ2) is 9.09. The molecule has 20 heavy (non-hydrogen) atoms. The highest BCUT2D eigenvalue weighted by molar-refractivity contribution is 5.95. The van der Waals surface area contributed by atoms with E-state index in [1.165, 1.54) is 44.2 Å². The second-order valence-electron chi connectivity index (χ2n) is 5.32. The summed E-state index contributed by atoms with van der Waals surface area (Å²) in [5, 5.41) is 3.53. The average molecular weight is 300 g/mol. The molecule has 0 unspecified atom stereocenters. The Morgan fingerprint density at radius 2 is 1.80 bits per heavy atom. The van der Waals surface area contributed by atoms with E-state index in [1.807, 2.05) is 0 Å². The molecule has 1 aliphatic carbocycles. The zero-order valence-electron chi connectivity index (χ0n) is 11.7. The van der Waals surface area contributed by atoms with Crippen molar-refractivity contribution in [3.05, 3.63) is 35.6 Å². The minimum Gasteiger partial charge on any atom is -0.314 e. The molecule has 0 atom stereocenters. The molecule has 1 saturated carbocycles. The number of hydrogen-bond acceptors (Lipinski definition) is 2. The van der Waals surface area contributed by atoms with E-state index in [1.54, 1.807) is 12.1 Å². The number of carbonyl (C=O) groups is 1. The van der Waals surface area contributed by atoms with E-state index in [2.05, 4.69) is 5.32 Å². The van der Waals surface area contributed by atoms with Gasteiger partial charge in [0.25, 0.3) is 0 Å². The highest BCUT2D eigenvalue weighted by atomic mass is 35.5. The van der Waals surface area contributed by atoms with Crippen molar-refractivity contribution >= 4 is 18.2 Å². The van der Waals surface area contributed by atoms with Crippen LogP contribution in [0.15, 0.2) is 24.3 Å². The summed E-state index contributed by atoms with van der Waals surface area (Å²) in [4.78, 5) is 11.9. The van der Waals surface area contributed by atoms with Gasteiger partial charge in [0.2, 0.25) is 0 Å². The van der Waals surface area contributed by atoms with Crippen molar-refractivity contribution in [2.24, 2.45) is 0 Å². The maximum absolute atomic E-state index is 12.7. The third-order valence-corrected chi connectivity index (χ3v) is 3.78.